The highest BCUT2D eigenvalue weighted by Gasteiger charge is 2.26. The van der Waals surface area contributed by atoms with Crippen LogP contribution in [-0.2, 0) is 5.41 Å². The van der Waals surface area contributed by atoms with Crippen LogP contribution in [0.5, 0.6) is 0 Å². The van der Waals surface area contributed by atoms with Crippen molar-refractivity contribution in [3.05, 3.63) is 63.5 Å². The van der Waals surface area contributed by atoms with Gasteiger partial charge in [0.05, 0.1) is 4.92 Å². The molecule has 24 heavy (non-hydrogen) atoms. The lowest BCUT2D eigenvalue weighted by Gasteiger charge is -2.19. The van der Waals surface area contributed by atoms with Crippen molar-refractivity contribution in [3.8, 4) is 0 Å². The molecule has 0 saturated carbocycles. The van der Waals surface area contributed by atoms with Crippen LogP contribution in [0.3, 0.4) is 0 Å². The number of aromatic nitrogens is 1. The molecule has 8 heteroatoms. The van der Waals surface area contributed by atoms with Gasteiger partial charge in [-0.25, -0.2) is 0 Å². The molecule has 8 nitrogen and oxygen atoms in total. The second kappa shape index (κ2) is 6.53. The number of carbonyl (C=O) groups is 2. The predicted octanol–water partition coefficient (Wildman–Crippen LogP) is 2.30. The van der Waals surface area contributed by atoms with E-state index >= 15 is 0 Å². The van der Waals surface area contributed by atoms with Gasteiger partial charge in [0.1, 0.15) is 5.69 Å². The molecule has 1 heterocycles. The van der Waals surface area contributed by atoms with Gasteiger partial charge in [0, 0.05) is 23.4 Å². The zero-order valence-electron chi connectivity index (χ0n) is 13.5. The van der Waals surface area contributed by atoms with E-state index in [4.69, 9.17) is 0 Å². The lowest BCUT2D eigenvalue weighted by molar-refractivity contribution is -0.386. The molecule has 0 aliphatic carbocycles. The van der Waals surface area contributed by atoms with Gasteiger partial charge in [-0.1, -0.05) is 26.8 Å². The molecule has 0 fully saturated rings. The first-order valence-electron chi connectivity index (χ1n) is 7.23. The highest BCUT2D eigenvalue weighted by Crippen LogP contribution is 2.31. The smallest absolute Gasteiger partial charge is 0.286 e. The average Bonchev–Trinajstić information content (AvgIpc) is 3.05. The van der Waals surface area contributed by atoms with Crippen molar-refractivity contribution in [2.75, 3.05) is 0 Å². The maximum atomic E-state index is 12.1. The van der Waals surface area contributed by atoms with E-state index in [-0.39, 0.29) is 16.9 Å². The van der Waals surface area contributed by atoms with Crippen molar-refractivity contribution in [2.45, 2.75) is 26.2 Å². The molecule has 126 valence electrons. The van der Waals surface area contributed by atoms with Gasteiger partial charge in [-0.15, -0.1) is 0 Å². The Labute approximate surface area is 138 Å². The first-order chi connectivity index (χ1) is 11.2. The van der Waals surface area contributed by atoms with Crippen LogP contribution >= 0.6 is 0 Å². The third kappa shape index (κ3) is 3.78. The third-order valence-corrected chi connectivity index (χ3v) is 3.40. The maximum absolute atomic E-state index is 12.1. The van der Waals surface area contributed by atoms with E-state index in [9.17, 15) is 19.7 Å². The fraction of sp³-hybridized carbons (Fsp3) is 0.250. The lowest BCUT2D eigenvalue weighted by Crippen LogP contribution is -2.41. The van der Waals surface area contributed by atoms with Crippen LogP contribution in [0.15, 0.2) is 36.5 Å². The monoisotopic (exact) mass is 330 g/mol. The molecule has 2 aromatic rings. The summed E-state index contributed by atoms with van der Waals surface area (Å²) in [5.74, 6) is -1.16. The minimum Gasteiger partial charge on any atom is -0.357 e. The van der Waals surface area contributed by atoms with Gasteiger partial charge in [0.2, 0.25) is 0 Å². The first kappa shape index (κ1) is 17.2. The van der Waals surface area contributed by atoms with E-state index in [0.717, 1.165) is 0 Å². The number of H-pyrrole nitrogens is 1. The lowest BCUT2D eigenvalue weighted by atomic mass is 9.85. The Kier molecular flexibility index (Phi) is 4.68. The molecule has 3 N–H and O–H groups in total. The molecule has 0 radical (unpaired) electrons. The summed E-state index contributed by atoms with van der Waals surface area (Å²) in [6.45, 7) is 5.56. The number of nitrogens with zero attached hydrogens (tertiary/aromatic N) is 1. The average molecular weight is 330 g/mol. The van der Waals surface area contributed by atoms with Crippen LogP contribution in [0.25, 0.3) is 0 Å². The molecular formula is C16H18N4O4. The molecule has 0 aliphatic rings. The zero-order valence-corrected chi connectivity index (χ0v) is 13.5. The summed E-state index contributed by atoms with van der Waals surface area (Å²) >= 11 is 0. The van der Waals surface area contributed by atoms with Crippen molar-refractivity contribution in [2.24, 2.45) is 0 Å². The number of benzene rings is 1. The molecule has 0 saturated heterocycles. The number of aromatic amines is 1. The third-order valence-electron chi connectivity index (χ3n) is 3.40. The fourth-order valence-corrected chi connectivity index (χ4v) is 2.18. The molecule has 0 bridgehead atoms. The van der Waals surface area contributed by atoms with Gasteiger partial charge in [-0.2, -0.15) is 0 Å². The quantitative estimate of drug-likeness (QED) is 0.591. The largest absolute Gasteiger partial charge is 0.357 e. The van der Waals surface area contributed by atoms with Crippen molar-refractivity contribution in [1.82, 2.24) is 15.8 Å². The van der Waals surface area contributed by atoms with Crippen LogP contribution in [0.1, 0.15) is 47.2 Å². The number of carbonyl (C=O) groups excluding carboxylic acids is 2. The Balaban J connectivity index is 2.16. The highest BCUT2D eigenvalue weighted by molar-refractivity contribution is 5.98. The Morgan fingerprint density at radius 2 is 1.79 bits per heavy atom. The van der Waals surface area contributed by atoms with Crippen LogP contribution in [0, 0.1) is 10.1 Å². The van der Waals surface area contributed by atoms with E-state index in [0.29, 0.717) is 5.56 Å². The predicted molar refractivity (Wildman–Crippen MR) is 87.5 cm³/mol. The van der Waals surface area contributed by atoms with E-state index in [1.54, 1.807) is 24.4 Å². The molecule has 1 aromatic carbocycles. The molecule has 0 atom stereocenters. The summed E-state index contributed by atoms with van der Waals surface area (Å²) in [7, 11) is 0. The van der Waals surface area contributed by atoms with Gasteiger partial charge < -0.3 is 4.98 Å². The summed E-state index contributed by atoms with van der Waals surface area (Å²) in [6.07, 6.45) is 1.57. The van der Waals surface area contributed by atoms with Gasteiger partial charge in [-0.05, 0) is 23.6 Å². The molecule has 0 unspecified atom stereocenters. The van der Waals surface area contributed by atoms with Gasteiger partial charge in [-0.3, -0.25) is 30.6 Å². The number of nitro groups is 1. The van der Waals surface area contributed by atoms with Crippen LogP contribution in [-0.4, -0.2) is 21.7 Å². The summed E-state index contributed by atoms with van der Waals surface area (Å²) in [6, 6.07) is 7.44. The second-order valence-corrected chi connectivity index (χ2v) is 6.23. The molecule has 2 amide bonds. The molecule has 0 spiro atoms. The Bertz CT molecular complexity index is 776. The summed E-state index contributed by atoms with van der Waals surface area (Å²) in [4.78, 5) is 37.3. The minimum absolute atomic E-state index is 0.0847. The topological polar surface area (TPSA) is 117 Å². The highest BCUT2D eigenvalue weighted by atomic mass is 16.6. The molecular weight excluding hydrogens is 312 g/mol. The number of hydrogen-bond donors (Lipinski definition) is 3. The van der Waals surface area contributed by atoms with Crippen LogP contribution in [0.2, 0.25) is 0 Å². The van der Waals surface area contributed by atoms with E-state index in [2.05, 4.69) is 15.8 Å². The summed E-state index contributed by atoms with van der Waals surface area (Å²) in [5.41, 5.74) is 4.80. The minimum atomic E-state index is -0.640. The van der Waals surface area contributed by atoms with Crippen molar-refractivity contribution >= 4 is 17.5 Å². The Morgan fingerprint density at radius 1 is 1.12 bits per heavy atom. The SMILES string of the molecule is CC(C)(C)c1ccc(C(=O)NNC(=O)c2ccc[nH]2)cc1[N+](=O)[O-]. The number of hydrazine groups is 1. The van der Waals surface area contributed by atoms with Gasteiger partial charge in [0.25, 0.3) is 17.5 Å². The second-order valence-electron chi connectivity index (χ2n) is 6.23. The number of nitro benzene ring substituents is 1. The van der Waals surface area contributed by atoms with Gasteiger partial charge >= 0.3 is 0 Å². The standard InChI is InChI=1S/C16H18N4O4/c1-16(2,3)11-7-6-10(9-13(11)20(23)24)14(21)18-19-15(22)12-5-4-8-17-12/h4-9,17H,1-3H3,(H,18,21)(H,19,22). The van der Waals surface area contributed by atoms with Crippen LogP contribution in [0.4, 0.5) is 5.69 Å². The number of nitrogens with one attached hydrogen (secondary N) is 3. The zero-order chi connectivity index (χ0) is 17.9. The summed E-state index contributed by atoms with van der Waals surface area (Å²) in [5, 5.41) is 11.3. The maximum Gasteiger partial charge on any atom is 0.286 e. The van der Waals surface area contributed by atoms with Crippen molar-refractivity contribution < 1.29 is 14.5 Å². The Morgan fingerprint density at radius 3 is 2.33 bits per heavy atom. The van der Waals surface area contributed by atoms with E-state index in [1.165, 1.54) is 12.1 Å². The van der Waals surface area contributed by atoms with E-state index in [1.807, 2.05) is 20.8 Å². The van der Waals surface area contributed by atoms with E-state index < -0.39 is 22.2 Å². The summed E-state index contributed by atoms with van der Waals surface area (Å²) < 4.78 is 0. The van der Waals surface area contributed by atoms with Crippen molar-refractivity contribution in [1.29, 1.82) is 0 Å². The molecule has 0 aliphatic heterocycles. The normalized spacial score (nSPS) is 11.0. The number of rotatable bonds is 3. The van der Waals surface area contributed by atoms with Crippen molar-refractivity contribution in [3.63, 3.8) is 0 Å². The Hall–Kier alpha value is -3.16. The number of hydrogen-bond acceptors (Lipinski definition) is 4. The first-order valence-corrected chi connectivity index (χ1v) is 7.23. The molecule has 2 rings (SSSR count). The van der Waals surface area contributed by atoms with Crippen LogP contribution < -0.4 is 10.9 Å². The van der Waals surface area contributed by atoms with Gasteiger partial charge in [0.15, 0.2) is 0 Å². The fourth-order valence-electron chi connectivity index (χ4n) is 2.18. The molecule has 1 aromatic heterocycles. The number of amides is 2.